The quantitative estimate of drug-likeness (QED) is 0.722. The van der Waals surface area contributed by atoms with Crippen molar-refractivity contribution in [1.29, 1.82) is 0 Å². The second-order valence-electron chi connectivity index (χ2n) is 6.75. The van der Waals surface area contributed by atoms with Crippen molar-refractivity contribution in [3.63, 3.8) is 0 Å². The van der Waals surface area contributed by atoms with Crippen molar-refractivity contribution >= 4 is 11.5 Å². The molecule has 27 heavy (non-hydrogen) atoms. The van der Waals surface area contributed by atoms with Crippen LogP contribution in [0.4, 0.5) is 5.82 Å². The fourth-order valence-electron chi connectivity index (χ4n) is 3.65. The highest BCUT2D eigenvalue weighted by atomic mass is 16.5. The molecule has 1 fully saturated rings. The fraction of sp³-hybridized carbons (Fsp3) is 0.227. The predicted octanol–water partition coefficient (Wildman–Crippen LogP) is 3.33. The molecular formula is C22H20N4O. The Balaban J connectivity index is 1.50. The molecule has 2 aliphatic rings. The number of ether oxygens (including phenoxy) is 1. The lowest BCUT2D eigenvalue weighted by Gasteiger charge is -2.28. The average Bonchev–Trinajstić information content (AvgIpc) is 3.18. The maximum atomic E-state index is 5.45. The molecule has 0 aliphatic carbocycles. The van der Waals surface area contributed by atoms with Gasteiger partial charge in [-0.1, -0.05) is 18.2 Å². The van der Waals surface area contributed by atoms with Crippen LogP contribution < -0.4 is 4.90 Å². The van der Waals surface area contributed by atoms with Crippen molar-refractivity contribution < 1.29 is 4.74 Å². The number of nitrogens with zero attached hydrogens (tertiary/aromatic N) is 4. The van der Waals surface area contributed by atoms with Gasteiger partial charge in [0.2, 0.25) is 0 Å². The van der Waals surface area contributed by atoms with Crippen LogP contribution in [0, 0.1) is 0 Å². The van der Waals surface area contributed by atoms with Crippen molar-refractivity contribution in [2.45, 2.75) is 6.54 Å². The zero-order valence-corrected chi connectivity index (χ0v) is 15.0. The average molecular weight is 356 g/mol. The Labute approximate surface area is 158 Å². The number of rotatable bonds is 3. The normalized spacial score (nSPS) is 16.1. The van der Waals surface area contributed by atoms with Gasteiger partial charge >= 0.3 is 0 Å². The molecule has 0 bridgehead atoms. The third kappa shape index (κ3) is 3.11. The number of hydrogen-bond donors (Lipinski definition) is 0. The van der Waals surface area contributed by atoms with Gasteiger partial charge in [-0.2, -0.15) is 0 Å². The summed E-state index contributed by atoms with van der Waals surface area (Å²) in [5.41, 5.74) is 6.71. The Morgan fingerprint density at radius 1 is 0.852 bits per heavy atom. The van der Waals surface area contributed by atoms with Crippen LogP contribution in [0.2, 0.25) is 0 Å². The Kier molecular flexibility index (Phi) is 4.14. The Hall–Kier alpha value is -3.05. The van der Waals surface area contributed by atoms with Gasteiger partial charge in [0.25, 0.3) is 0 Å². The lowest BCUT2D eigenvalue weighted by molar-refractivity contribution is 0.122. The van der Waals surface area contributed by atoms with Gasteiger partial charge in [-0.15, -0.1) is 0 Å². The summed E-state index contributed by atoms with van der Waals surface area (Å²) in [7, 11) is 0. The summed E-state index contributed by atoms with van der Waals surface area (Å²) in [6.07, 6.45) is 3.71. The van der Waals surface area contributed by atoms with Gasteiger partial charge in [-0.25, -0.2) is 4.98 Å². The predicted molar refractivity (Wildman–Crippen MR) is 106 cm³/mol. The Morgan fingerprint density at radius 3 is 2.63 bits per heavy atom. The van der Waals surface area contributed by atoms with Crippen molar-refractivity contribution in [2.75, 3.05) is 31.2 Å². The zero-order valence-electron chi connectivity index (χ0n) is 15.0. The third-order valence-corrected chi connectivity index (χ3v) is 5.09. The molecule has 134 valence electrons. The molecule has 0 unspecified atom stereocenters. The molecule has 0 atom stereocenters. The first-order valence-corrected chi connectivity index (χ1v) is 9.27. The number of aromatic nitrogens is 2. The molecule has 5 heteroatoms. The van der Waals surface area contributed by atoms with Gasteiger partial charge in [0, 0.05) is 42.2 Å². The van der Waals surface area contributed by atoms with Gasteiger partial charge < -0.3 is 9.64 Å². The fourth-order valence-corrected chi connectivity index (χ4v) is 3.65. The molecule has 0 N–H and O–H groups in total. The summed E-state index contributed by atoms with van der Waals surface area (Å²) in [5, 5.41) is 0. The molecular weight excluding hydrogens is 336 g/mol. The van der Waals surface area contributed by atoms with Crippen LogP contribution in [0.15, 0.2) is 65.9 Å². The van der Waals surface area contributed by atoms with E-state index < -0.39 is 0 Å². The van der Waals surface area contributed by atoms with E-state index in [1.54, 1.807) is 0 Å². The summed E-state index contributed by atoms with van der Waals surface area (Å²) >= 11 is 0. The SMILES string of the molecule is c1ccc(-c2ccc3c(c2)C(c2ccnc(N4CCOCC4)c2)=NC3)nc1. The summed E-state index contributed by atoms with van der Waals surface area (Å²) in [5.74, 6) is 0.993. The van der Waals surface area contributed by atoms with Crippen molar-refractivity contribution in [3.8, 4) is 11.3 Å². The van der Waals surface area contributed by atoms with E-state index in [0.29, 0.717) is 0 Å². The molecule has 1 saturated heterocycles. The largest absolute Gasteiger partial charge is 0.378 e. The molecule has 5 rings (SSSR count). The van der Waals surface area contributed by atoms with Crippen LogP contribution in [0.5, 0.6) is 0 Å². The van der Waals surface area contributed by atoms with Crippen molar-refractivity contribution in [2.24, 2.45) is 4.99 Å². The maximum Gasteiger partial charge on any atom is 0.129 e. The van der Waals surface area contributed by atoms with Crippen LogP contribution in [0.3, 0.4) is 0 Å². The highest BCUT2D eigenvalue weighted by molar-refractivity contribution is 6.15. The summed E-state index contributed by atoms with van der Waals surface area (Å²) < 4.78 is 5.45. The van der Waals surface area contributed by atoms with E-state index in [-0.39, 0.29) is 0 Å². The Morgan fingerprint density at radius 2 is 1.78 bits per heavy atom. The Bertz CT molecular complexity index is 994. The van der Waals surface area contributed by atoms with E-state index in [0.717, 1.165) is 61.2 Å². The smallest absolute Gasteiger partial charge is 0.129 e. The van der Waals surface area contributed by atoms with E-state index in [1.165, 1.54) is 11.1 Å². The van der Waals surface area contributed by atoms with E-state index in [4.69, 9.17) is 9.73 Å². The van der Waals surface area contributed by atoms with Gasteiger partial charge in [-0.05, 0) is 35.9 Å². The van der Waals surface area contributed by atoms with Crippen LogP contribution in [-0.4, -0.2) is 42.0 Å². The molecule has 3 aromatic rings. The number of pyridine rings is 2. The highest BCUT2D eigenvalue weighted by Gasteiger charge is 2.20. The topological polar surface area (TPSA) is 50.6 Å². The van der Waals surface area contributed by atoms with Crippen molar-refractivity contribution in [3.05, 3.63) is 77.6 Å². The standard InChI is InChI=1S/C22H20N4O/c1-2-7-23-20(3-1)16-4-5-18-15-25-22(19(18)13-16)17-6-8-24-21(14-17)26-9-11-27-12-10-26/h1-8,13-14H,9-12,15H2. The van der Waals surface area contributed by atoms with E-state index >= 15 is 0 Å². The van der Waals surface area contributed by atoms with Gasteiger partial charge in [0.05, 0.1) is 31.2 Å². The number of anilines is 1. The van der Waals surface area contributed by atoms with Gasteiger partial charge in [0.1, 0.15) is 5.82 Å². The number of fused-ring (bicyclic) bond motifs is 1. The van der Waals surface area contributed by atoms with Crippen LogP contribution in [-0.2, 0) is 11.3 Å². The lowest BCUT2D eigenvalue weighted by atomic mass is 9.97. The summed E-state index contributed by atoms with van der Waals surface area (Å²) in [6, 6.07) is 16.7. The van der Waals surface area contributed by atoms with E-state index in [9.17, 15) is 0 Å². The number of morpholine rings is 1. The first kappa shape index (κ1) is 16.1. The number of aliphatic imine (C=N–C) groups is 1. The minimum Gasteiger partial charge on any atom is -0.378 e. The van der Waals surface area contributed by atoms with Crippen LogP contribution in [0.25, 0.3) is 11.3 Å². The summed E-state index contributed by atoms with van der Waals surface area (Å²) in [4.78, 5) is 16.1. The minimum absolute atomic E-state index is 0.725. The molecule has 0 spiro atoms. The van der Waals surface area contributed by atoms with Crippen LogP contribution in [0.1, 0.15) is 16.7 Å². The van der Waals surface area contributed by atoms with Gasteiger partial charge in [0.15, 0.2) is 0 Å². The number of benzene rings is 1. The van der Waals surface area contributed by atoms with Gasteiger partial charge in [-0.3, -0.25) is 9.98 Å². The first-order chi connectivity index (χ1) is 13.4. The highest BCUT2D eigenvalue weighted by Crippen LogP contribution is 2.28. The summed E-state index contributed by atoms with van der Waals surface area (Å²) in [6.45, 7) is 3.99. The molecule has 5 nitrogen and oxygen atoms in total. The van der Waals surface area contributed by atoms with E-state index in [1.807, 2.05) is 36.7 Å². The zero-order chi connectivity index (χ0) is 18.1. The molecule has 1 aromatic carbocycles. The molecule has 2 aromatic heterocycles. The molecule has 0 radical (unpaired) electrons. The van der Waals surface area contributed by atoms with Crippen molar-refractivity contribution in [1.82, 2.24) is 9.97 Å². The monoisotopic (exact) mass is 356 g/mol. The molecule has 4 heterocycles. The second kappa shape index (κ2) is 6.93. The first-order valence-electron chi connectivity index (χ1n) is 9.27. The molecule has 0 amide bonds. The minimum atomic E-state index is 0.725. The van der Waals surface area contributed by atoms with Crippen LogP contribution >= 0.6 is 0 Å². The van der Waals surface area contributed by atoms with E-state index in [2.05, 4.69) is 39.1 Å². The third-order valence-electron chi connectivity index (χ3n) is 5.09. The maximum absolute atomic E-state index is 5.45. The second-order valence-corrected chi connectivity index (χ2v) is 6.75. The lowest BCUT2D eigenvalue weighted by Crippen LogP contribution is -2.36. The number of hydrogen-bond acceptors (Lipinski definition) is 5. The molecule has 0 saturated carbocycles. The molecule has 2 aliphatic heterocycles.